The largest absolute Gasteiger partial charge is 0.398 e. The standard InChI is InChI=1S/C17H18F3N3S/c1-11-8-12(2)15(24-10-17(18,19)20)9-14(11)23-16(21-3)13-4-6-22-7-5-13/h4-9H,10H2,1-3H3,(H,21,23). The van der Waals surface area contributed by atoms with Crippen LogP contribution in [0.25, 0.3) is 0 Å². The summed E-state index contributed by atoms with van der Waals surface area (Å²) >= 11 is 0.783. The molecule has 1 heterocycles. The van der Waals surface area contributed by atoms with E-state index in [0.29, 0.717) is 16.4 Å². The van der Waals surface area contributed by atoms with E-state index in [1.54, 1.807) is 32.4 Å². The zero-order valence-electron chi connectivity index (χ0n) is 13.6. The van der Waals surface area contributed by atoms with E-state index in [2.05, 4.69) is 15.3 Å². The highest BCUT2D eigenvalue weighted by Gasteiger charge is 2.27. The first-order valence-corrected chi connectivity index (χ1v) is 8.26. The van der Waals surface area contributed by atoms with E-state index in [0.717, 1.165) is 28.5 Å². The van der Waals surface area contributed by atoms with Crippen LogP contribution in [0.15, 0.2) is 46.5 Å². The molecule has 7 heteroatoms. The molecule has 2 rings (SSSR count). The molecule has 0 bridgehead atoms. The van der Waals surface area contributed by atoms with Gasteiger partial charge in [0.15, 0.2) is 0 Å². The summed E-state index contributed by atoms with van der Waals surface area (Å²) in [6.07, 6.45) is -0.873. The lowest BCUT2D eigenvalue weighted by molar-refractivity contribution is -0.105. The molecule has 0 radical (unpaired) electrons. The van der Waals surface area contributed by atoms with Crippen LogP contribution >= 0.6 is 11.8 Å². The average Bonchev–Trinajstić information content (AvgIpc) is 2.53. The number of aromatic nitrogens is 1. The molecule has 3 nitrogen and oxygen atoms in total. The molecular weight excluding hydrogens is 335 g/mol. The second-order valence-electron chi connectivity index (χ2n) is 5.25. The number of nitrogens with zero attached hydrogens (tertiary/aromatic N) is 2. The van der Waals surface area contributed by atoms with E-state index in [9.17, 15) is 13.2 Å². The Bertz CT molecular complexity index is 728. The van der Waals surface area contributed by atoms with Crippen molar-refractivity contribution in [3.8, 4) is 0 Å². The normalized spacial score (nSPS) is 12.3. The number of hydrogen-bond acceptors (Lipinski definition) is 3. The van der Waals surface area contributed by atoms with Gasteiger partial charge in [0.05, 0.1) is 11.4 Å². The van der Waals surface area contributed by atoms with Crippen molar-refractivity contribution < 1.29 is 13.2 Å². The Morgan fingerprint density at radius 1 is 1.17 bits per heavy atom. The minimum Gasteiger partial charge on any atom is -0.373 e. The molecule has 24 heavy (non-hydrogen) atoms. The van der Waals surface area contributed by atoms with Crippen molar-refractivity contribution in [1.82, 2.24) is 10.3 Å². The Morgan fingerprint density at radius 2 is 1.83 bits per heavy atom. The van der Waals surface area contributed by atoms with Crippen LogP contribution in [-0.2, 0) is 0 Å². The monoisotopic (exact) mass is 353 g/mol. The quantitative estimate of drug-likeness (QED) is 0.494. The Kier molecular flexibility index (Phi) is 5.88. The van der Waals surface area contributed by atoms with Gasteiger partial charge < -0.3 is 5.32 Å². The Labute approximate surface area is 143 Å². The molecule has 0 aliphatic carbocycles. The highest BCUT2D eigenvalue weighted by atomic mass is 32.2. The minimum absolute atomic E-state index is 0.585. The van der Waals surface area contributed by atoms with E-state index in [4.69, 9.17) is 0 Å². The summed E-state index contributed by atoms with van der Waals surface area (Å²) in [5.74, 6) is -0.278. The van der Waals surface area contributed by atoms with E-state index < -0.39 is 11.9 Å². The number of halogens is 3. The SMILES string of the molecule is CN/C(=N\c1cc(SCC(F)(F)F)c(C)cc1C)c1ccncc1. The number of aryl methyl sites for hydroxylation is 2. The summed E-state index contributed by atoms with van der Waals surface area (Å²) in [6.45, 7) is 3.70. The maximum atomic E-state index is 12.5. The number of hydrogen-bond donors (Lipinski definition) is 1. The van der Waals surface area contributed by atoms with Gasteiger partial charge in [-0.1, -0.05) is 6.07 Å². The topological polar surface area (TPSA) is 37.3 Å². The smallest absolute Gasteiger partial charge is 0.373 e. The van der Waals surface area contributed by atoms with Crippen LogP contribution in [-0.4, -0.2) is 29.8 Å². The lowest BCUT2D eigenvalue weighted by Crippen LogP contribution is -2.19. The third kappa shape index (κ3) is 4.99. The molecule has 128 valence electrons. The van der Waals surface area contributed by atoms with Crippen molar-refractivity contribution in [2.45, 2.75) is 24.9 Å². The molecule has 0 spiro atoms. The van der Waals surface area contributed by atoms with Crippen LogP contribution in [0.2, 0.25) is 0 Å². The van der Waals surface area contributed by atoms with Gasteiger partial charge in [0.1, 0.15) is 5.84 Å². The van der Waals surface area contributed by atoms with Gasteiger partial charge in [0.25, 0.3) is 0 Å². The number of benzene rings is 1. The van der Waals surface area contributed by atoms with Gasteiger partial charge >= 0.3 is 6.18 Å². The summed E-state index contributed by atoms with van der Waals surface area (Å²) < 4.78 is 37.4. The Balaban J connectivity index is 2.37. The van der Waals surface area contributed by atoms with E-state index in [1.165, 1.54) is 0 Å². The number of thioether (sulfide) groups is 1. The molecule has 2 aromatic rings. The molecule has 0 unspecified atom stereocenters. The fourth-order valence-electron chi connectivity index (χ4n) is 2.15. The number of rotatable bonds is 4. The second kappa shape index (κ2) is 7.70. The highest BCUT2D eigenvalue weighted by Crippen LogP contribution is 2.33. The van der Waals surface area contributed by atoms with Crippen molar-refractivity contribution in [2.75, 3.05) is 12.8 Å². The first-order valence-electron chi connectivity index (χ1n) is 7.28. The molecule has 0 saturated heterocycles. The molecule has 0 aliphatic heterocycles. The van der Waals surface area contributed by atoms with Crippen molar-refractivity contribution in [3.05, 3.63) is 53.3 Å². The molecule has 1 aromatic heterocycles. The van der Waals surface area contributed by atoms with Crippen LogP contribution in [0.4, 0.5) is 18.9 Å². The first kappa shape index (κ1) is 18.3. The summed E-state index contributed by atoms with van der Waals surface area (Å²) in [6, 6.07) is 7.20. The Morgan fingerprint density at radius 3 is 2.42 bits per heavy atom. The molecule has 1 N–H and O–H groups in total. The highest BCUT2D eigenvalue weighted by molar-refractivity contribution is 7.99. The molecule has 0 aliphatic rings. The summed E-state index contributed by atoms with van der Waals surface area (Å²) in [5.41, 5.74) is 3.23. The van der Waals surface area contributed by atoms with E-state index >= 15 is 0 Å². The lowest BCUT2D eigenvalue weighted by atomic mass is 10.1. The van der Waals surface area contributed by atoms with Crippen LogP contribution in [0.5, 0.6) is 0 Å². The molecular formula is C17H18F3N3S. The molecule has 1 aromatic carbocycles. The maximum Gasteiger partial charge on any atom is 0.398 e. The van der Waals surface area contributed by atoms with Gasteiger partial charge in [-0.3, -0.25) is 4.98 Å². The van der Waals surface area contributed by atoms with Crippen LogP contribution in [0.1, 0.15) is 16.7 Å². The summed E-state index contributed by atoms with van der Waals surface area (Å²) in [7, 11) is 1.75. The van der Waals surface area contributed by atoms with Gasteiger partial charge in [0.2, 0.25) is 0 Å². The first-order chi connectivity index (χ1) is 11.3. The third-order valence-corrected chi connectivity index (χ3v) is 4.53. The predicted molar refractivity (Wildman–Crippen MR) is 92.2 cm³/mol. The van der Waals surface area contributed by atoms with Crippen LogP contribution in [0.3, 0.4) is 0 Å². The summed E-state index contributed by atoms with van der Waals surface area (Å²) in [5, 5.41) is 3.02. The Hall–Kier alpha value is -2.02. The van der Waals surface area contributed by atoms with E-state index in [1.807, 2.05) is 25.1 Å². The van der Waals surface area contributed by atoms with Crippen molar-refractivity contribution in [1.29, 1.82) is 0 Å². The predicted octanol–water partition coefficient (Wildman–Crippen LogP) is 4.65. The zero-order valence-corrected chi connectivity index (χ0v) is 14.4. The fourth-order valence-corrected chi connectivity index (χ4v) is 2.95. The number of pyridine rings is 1. The zero-order chi connectivity index (χ0) is 17.7. The van der Waals surface area contributed by atoms with Gasteiger partial charge in [-0.25, -0.2) is 4.99 Å². The number of aliphatic imine (C=N–C) groups is 1. The second-order valence-corrected chi connectivity index (χ2v) is 6.27. The van der Waals surface area contributed by atoms with Crippen LogP contribution in [0, 0.1) is 13.8 Å². The van der Waals surface area contributed by atoms with Crippen molar-refractivity contribution in [3.63, 3.8) is 0 Å². The number of alkyl halides is 3. The number of nitrogens with one attached hydrogen (secondary N) is 1. The maximum absolute atomic E-state index is 12.5. The van der Waals surface area contributed by atoms with Gasteiger partial charge in [-0.2, -0.15) is 13.2 Å². The minimum atomic E-state index is -4.20. The van der Waals surface area contributed by atoms with Crippen LogP contribution < -0.4 is 5.32 Å². The molecule has 0 fully saturated rings. The van der Waals surface area contributed by atoms with E-state index in [-0.39, 0.29) is 0 Å². The van der Waals surface area contributed by atoms with Crippen molar-refractivity contribution in [2.24, 2.45) is 4.99 Å². The molecule has 0 amide bonds. The molecule has 0 saturated carbocycles. The molecule has 0 atom stereocenters. The average molecular weight is 353 g/mol. The number of amidine groups is 1. The van der Waals surface area contributed by atoms with Gasteiger partial charge in [-0.05, 0) is 43.2 Å². The van der Waals surface area contributed by atoms with Crippen molar-refractivity contribution >= 4 is 23.3 Å². The van der Waals surface area contributed by atoms with Gasteiger partial charge in [0, 0.05) is 29.9 Å². The third-order valence-electron chi connectivity index (χ3n) is 3.31. The lowest BCUT2D eigenvalue weighted by Gasteiger charge is -2.12. The van der Waals surface area contributed by atoms with Gasteiger partial charge in [-0.15, -0.1) is 11.8 Å². The fraction of sp³-hybridized carbons (Fsp3) is 0.294. The summed E-state index contributed by atoms with van der Waals surface area (Å²) in [4.78, 5) is 9.13.